The van der Waals surface area contributed by atoms with Crippen molar-refractivity contribution in [3.05, 3.63) is 108 Å². The van der Waals surface area contributed by atoms with E-state index in [1.807, 2.05) is 0 Å². The highest BCUT2D eigenvalue weighted by atomic mass is 16.2. The average molecular weight is 749 g/mol. The molecule has 0 aliphatic carbocycles. The molecule has 8 aromatic rings. The largest absolute Gasteiger partial charge is 0.336 e. The molecule has 8 rings (SSSR count). The Balaban J connectivity index is 0.000000139. The topological polar surface area (TPSA) is 291 Å². The molecule has 54 heavy (non-hydrogen) atoms. The van der Waals surface area contributed by atoms with Gasteiger partial charge in [0, 0.05) is 56.4 Å². The maximum atomic E-state index is 11.6. The van der Waals surface area contributed by atoms with Crippen molar-refractivity contribution in [1.29, 1.82) is 0 Å². The summed E-state index contributed by atoms with van der Waals surface area (Å²) >= 11 is 0. The molecule has 284 valence electrons. The smallest absolute Gasteiger partial charge is 0.332 e. The number of aryl methyl sites for hydroxylation is 8. The van der Waals surface area contributed by atoms with Gasteiger partial charge in [0.05, 0.1) is 12.7 Å². The van der Waals surface area contributed by atoms with Crippen molar-refractivity contribution < 1.29 is 0 Å². The first-order valence-electron chi connectivity index (χ1n) is 15.7. The normalized spacial score (nSPS) is 11.0. The summed E-state index contributed by atoms with van der Waals surface area (Å²) in [5.74, 6) is 1.25. The van der Waals surface area contributed by atoms with Crippen molar-refractivity contribution in [3.63, 3.8) is 0 Å². The Morgan fingerprint density at radius 1 is 0.444 bits per heavy atom. The number of rotatable bonds is 0. The summed E-state index contributed by atoms with van der Waals surface area (Å²) in [6.07, 6.45) is 3.00. The second kappa shape index (κ2) is 14.0. The third-order valence-electron chi connectivity index (χ3n) is 8.38. The highest BCUT2D eigenvalue weighted by molar-refractivity contribution is 5.71. The summed E-state index contributed by atoms with van der Waals surface area (Å²) in [6, 6.07) is 0. The van der Waals surface area contributed by atoms with Crippen molar-refractivity contribution in [1.82, 2.24) is 76.4 Å². The lowest BCUT2D eigenvalue weighted by atomic mass is 10.5. The standard InChI is InChI=1S/2C8H10N4O2.2C7H8N4O2/c2*1-4-9-5-6(10-4)11(2)8(14)12(3)7(5)13;2*1-10-3-8-5-4(10)6(12)9-7(13)11(5)2/h2*1-3H3,(H,9,10);2*3H,1-2H3,(H,9,12,13). The predicted molar refractivity (Wildman–Crippen MR) is 196 cm³/mol. The molecule has 24 heteroatoms. The molecule has 8 aromatic heterocycles. The van der Waals surface area contributed by atoms with E-state index in [4.69, 9.17) is 0 Å². The van der Waals surface area contributed by atoms with E-state index >= 15 is 0 Å². The molecule has 4 N–H and O–H groups in total. The van der Waals surface area contributed by atoms with E-state index in [-0.39, 0.29) is 22.5 Å². The van der Waals surface area contributed by atoms with Crippen LogP contribution in [0.25, 0.3) is 44.7 Å². The van der Waals surface area contributed by atoms with Crippen LogP contribution in [0.2, 0.25) is 0 Å². The number of hydrogen-bond acceptors (Lipinski definition) is 12. The molecular weight excluding hydrogens is 712 g/mol. The zero-order valence-electron chi connectivity index (χ0n) is 30.8. The molecule has 8 heterocycles. The fraction of sp³-hybridized carbons (Fsp3) is 0.333. The molecule has 0 radical (unpaired) electrons. The Morgan fingerprint density at radius 2 is 0.778 bits per heavy atom. The molecule has 0 spiro atoms. The molecule has 0 amide bonds. The molecule has 0 aliphatic rings. The van der Waals surface area contributed by atoms with Crippen LogP contribution in [0.15, 0.2) is 51.0 Å². The molecule has 24 nitrogen and oxygen atoms in total. The number of fused-ring (bicyclic) bond motifs is 4. The molecular formula is C30H36N16O8. The van der Waals surface area contributed by atoms with Gasteiger partial charge in [0.2, 0.25) is 0 Å². The minimum absolute atomic E-state index is 0.344. The molecule has 0 saturated carbocycles. The van der Waals surface area contributed by atoms with Crippen LogP contribution in [0, 0.1) is 13.8 Å². The molecule has 0 atom stereocenters. The number of imidazole rings is 4. The fourth-order valence-corrected chi connectivity index (χ4v) is 5.41. The van der Waals surface area contributed by atoms with Crippen LogP contribution in [0.1, 0.15) is 11.6 Å². The first-order chi connectivity index (χ1) is 25.3. The molecule has 0 saturated heterocycles. The summed E-state index contributed by atoms with van der Waals surface area (Å²) in [7, 11) is 12.6. The lowest BCUT2D eigenvalue weighted by Gasteiger charge is -2.00. The van der Waals surface area contributed by atoms with Gasteiger partial charge in [0.1, 0.15) is 22.7 Å². The summed E-state index contributed by atoms with van der Waals surface area (Å²) in [6.45, 7) is 3.48. The van der Waals surface area contributed by atoms with Gasteiger partial charge in [-0.15, -0.1) is 0 Å². The van der Waals surface area contributed by atoms with E-state index in [9.17, 15) is 38.4 Å². The van der Waals surface area contributed by atoms with Crippen LogP contribution >= 0.6 is 0 Å². The molecule has 0 unspecified atom stereocenters. The minimum atomic E-state index is -0.448. The van der Waals surface area contributed by atoms with Gasteiger partial charge < -0.3 is 19.1 Å². The molecule has 0 aromatic carbocycles. The third-order valence-corrected chi connectivity index (χ3v) is 8.38. The van der Waals surface area contributed by atoms with Crippen molar-refractivity contribution in [2.24, 2.45) is 56.4 Å². The molecule has 0 fully saturated rings. The summed E-state index contributed by atoms with van der Waals surface area (Å²) < 4.78 is 10.6. The molecule has 0 aliphatic heterocycles. The van der Waals surface area contributed by atoms with E-state index in [1.165, 1.54) is 45.0 Å². The van der Waals surface area contributed by atoms with Crippen molar-refractivity contribution >= 4 is 44.7 Å². The van der Waals surface area contributed by atoms with Gasteiger partial charge in [-0.25, -0.2) is 39.1 Å². The maximum Gasteiger partial charge on any atom is 0.332 e. The van der Waals surface area contributed by atoms with Crippen LogP contribution in [-0.4, -0.2) is 76.4 Å². The van der Waals surface area contributed by atoms with Gasteiger partial charge in [-0.2, -0.15) is 0 Å². The average Bonchev–Trinajstić information content (AvgIpc) is 3.92. The highest BCUT2D eigenvalue weighted by Crippen LogP contribution is 2.04. The zero-order valence-corrected chi connectivity index (χ0v) is 30.8. The monoisotopic (exact) mass is 748 g/mol. The summed E-state index contributed by atoms with van der Waals surface area (Å²) in [4.78, 5) is 117. The number of nitrogens with zero attached hydrogens (tertiary/aromatic N) is 12. The Hall–Kier alpha value is -7.40. The van der Waals surface area contributed by atoms with E-state index in [0.717, 1.165) is 9.13 Å². The summed E-state index contributed by atoms with van der Waals surface area (Å²) in [5.41, 5.74) is 0.0149. The predicted octanol–water partition coefficient (Wildman–Crippen LogP) is -3.54. The Bertz CT molecular complexity index is 3040. The van der Waals surface area contributed by atoms with Crippen molar-refractivity contribution in [3.8, 4) is 0 Å². The maximum absolute atomic E-state index is 11.6. The minimum Gasteiger partial charge on any atom is -0.336 e. The fourth-order valence-electron chi connectivity index (χ4n) is 5.41. The Labute approximate surface area is 298 Å². The second-order valence-corrected chi connectivity index (χ2v) is 12.1. The molecule has 0 bridgehead atoms. The quantitative estimate of drug-likeness (QED) is 0.117. The number of nitrogens with one attached hydrogen (secondary N) is 4. The van der Waals surface area contributed by atoms with Gasteiger partial charge in [0.15, 0.2) is 33.6 Å². The SMILES string of the molecule is Cc1nc2c([nH]1)c(=O)n(C)c(=O)n2C.Cc1nc2c([nH]1)c(=O)n(C)c(=O)n2C.Cn1cnc2c1c(=O)[nH]c(=O)n2C.Cn1cnc2c1c(=O)[nH]c(=O)n2C. The van der Waals surface area contributed by atoms with Crippen molar-refractivity contribution in [2.45, 2.75) is 13.8 Å². The van der Waals surface area contributed by atoms with Gasteiger partial charge >= 0.3 is 22.8 Å². The van der Waals surface area contributed by atoms with Gasteiger partial charge in [-0.3, -0.25) is 56.5 Å². The Morgan fingerprint density at radius 3 is 1.11 bits per heavy atom. The number of H-pyrrole nitrogens is 4. The van der Waals surface area contributed by atoms with E-state index in [2.05, 4.69) is 39.9 Å². The first-order valence-corrected chi connectivity index (χ1v) is 15.7. The number of aromatic nitrogens is 16. The van der Waals surface area contributed by atoms with Crippen LogP contribution < -0.4 is 45.0 Å². The summed E-state index contributed by atoms with van der Waals surface area (Å²) in [5, 5.41) is 0. The Kier molecular flexibility index (Phi) is 9.79. The van der Waals surface area contributed by atoms with E-state index in [0.29, 0.717) is 56.3 Å². The lowest BCUT2D eigenvalue weighted by molar-refractivity contribution is 0.708. The van der Waals surface area contributed by atoms with Crippen LogP contribution in [0.4, 0.5) is 0 Å². The van der Waals surface area contributed by atoms with E-state index in [1.54, 1.807) is 65.3 Å². The third kappa shape index (κ3) is 6.46. The van der Waals surface area contributed by atoms with Crippen molar-refractivity contribution in [2.75, 3.05) is 0 Å². The first kappa shape index (κ1) is 37.8. The van der Waals surface area contributed by atoms with Crippen LogP contribution in [0.3, 0.4) is 0 Å². The van der Waals surface area contributed by atoms with Crippen LogP contribution in [-0.2, 0) is 56.4 Å². The van der Waals surface area contributed by atoms with E-state index < -0.39 is 22.5 Å². The lowest BCUT2D eigenvalue weighted by Crippen LogP contribution is -2.36. The van der Waals surface area contributed by atoms with Crippen LogP contribution in [0.5, 0.6) is 0 Å². The second-order valence-electron chi connectivity index (χ2n) is 12.1. The van der Waals surface area contributed by atoms with Gasteiger partial charge in [0.25, 0.3) is 22.2 Å². The van der Waals surface area contributed by atoms with Gasteiger partial charge in [-0.1, -0.05) is 0 Å². The van der Waals surface area contributed by atoms with Gasteiger partial charge in [-0.05, 0) is 13.8 Å². The number of hydrogen-bond donors (Lipinski definition) is 4. The number of aromatic amines is 4. The zero-order chi connectivity index (χ0) is 40.1. The highest BCUT2D eigenvalue weighted by Gasteiger charge is 2.13.